The van der Waals surface area contributed by atoms with Gasteiger partial charge in [-0.2, -0.15) is 0 Å². The number of aromatic nitrogens is 1. The van der Waals surface area contributed by atoms with Gasteiger partial charge in [0.25, 0.3) is 0 Å². The Balaban J connectivity index is 1.24. The van der Waals surface area contributed by atoms with Gasteiger partial charge >= 0.3 is 0 Å². The molecule has 0 radical (unpaired) electrons. The minimum atomic E-state index is -0.219. The van der Waals surface area contributed by atoms with E-state index in [0.717, 1.165) is 85.9 Å². The Morgan fingerprint density at radius 2 is 1.33 bits per heavy atom. The summed E-state index contributed by atoms with van der Waals surface area (Å²) in [5, 5.41) is 2.97. The fraction of sp³-hybridized carbons (Fsp3) is 0.341. The Morgan fingerprint density at radius 3 is 1.96 bits per heavy atom. The van der Waals surface area contributed by atoms with Gasteiger partial charge in [0.05, 0.1) is 25.5 Å². The lowest BCUT2D eigenvalue weighted by Crippen LogP contribution is -2.27. The van der Waals surface area contributed by atoms with Crippen LogP contribution in [0.15, 0.2) is 53.9 Å². The van der Waals surface area contributed by atoms with Crippen LogP contribution < -0.4 is 23.7 Å². The summed E-state index contributed by atoms with van der Waals surface area (Å²) in [5.74, 6) is 7.71. The molecule has 6 nitrogen and oxygen atoms in total. The molecule has 0 bridgehead atoms. The average Bonchev–Trinajstić information content (AvgIpc) is 3.74. The van der Waals surface area contributed by atoms with Gasteiger partial charge in [0.15, 0.2) is 34.5 Å². The number of benzene rings is 4. The summed E-state index contributed by atoms with van der Waals surface area (Å²) < 4.78 is 31.1. The van der Waals surface area contributed by atoms with Gasteiger partial charge in [-0.05, 0) is 132 Å². The van der Waals surface area contributed by atoms with Gasteiger partial charge in [0.2, 0.25) is 0 Å². The Hall–Kier alpha value is -4.93. The highest BCUT2D eigenvalue weighted by Gasteiger charge is 2.57. The van der Waals surface area contributed by atoms with Gasteiger partial charge in [0, 0.05) is 16.4 Å². The number of hydrogen-bond donors (Lipinski definition) is 0. The number of ether oxygens (including phenoxy) is 5. The lowest BCUT2D eigenvalue weighted by atomic mass is 9.72. The fourth-order valence-corrected chi connectivity index (χ4v) is 9.88. The molecule has 0 N–H and O–H groups in total. The van der Waals surface area contributed by atoms with E-state index < -0.39 is 0 Å². The molecule has 5 aromatic rings. The van der Waals surface area contributed by atoms with E-state index in [1.807, 2.05) is 24.3 Å². The fourth-order valence-electron chi connectivity index (χ4n) is 8.96. The molecule has 1 unspecified atom stereocenters. The molecule has 1 atom stereocenters. The number of thiazole rings is 1. The standard InChI is InChI=1S/C44H43NO5S/c1-11-16-48-28-14-12-27(13-15-28)33-21-51-41(45-33)38-25(3)24(2)26(4)39-40(38)50-37-20-32-30(18-36(37)49-39)43(7,8)23-44(32)22-42(5,6)29-17-34(46-9)35(47-10)19-31(29)44/h1,12-15,17-21H,16,22-23H2,2-10H3. The van der Waals surface area contributed by atoms with Crippen LogP contribution in [0.4, 0.5) is 0 Å². The summed E-state index contributed by atoms with van der Waals surface area (Å²) in [4.78, 5) is 5.13. The van der Waals surface area contributed by atoms with Crippen molar-refractivity contribution in [2.45, 2.75) is 77.6 Å². The molecular formula is C44H43NO5S. The molecule has 4 aromatic carbocycles. The lowest BCUT2D eigenvalue weighted by molar-refractivity contribution is 0.347. The van der Waals surface area contributed by atoms with E-state index in [9.17, 15) is 0 Å². The van der Waals surface area contributed by atoms with Crippen LogP contribution in [0, 0.1) is 33.1 Å². The van der Waals surface area contributed by atoms with E-state index in [4.69, 9.17) is 35.1 Å². The number of fused-ring (bicyclic) bond motifs is 6. The molecule has 0 amide bonds. The van der Waals surface area contributed by atoms with Crippen molar-refractivity contribution in [2.24, 2.45) is 0 Å². The van der Waals surface area contributed by atoms with Gasteiger partial charge in [-0.1, -0.05) is 33.6 Å². The second-order valence-corrected chi connectivity index (χ2v) is 16.3. The third-order valence-corrected chi connectivity index (χ3v) is 12.3. The first-order valence-electron chi connectivity index (χ1n) is 17.4. The van der Waals surface area contributed by atoms with Crippen LogP contribution in [0.1, 0.15) is 79.5 Å². The quantitative estimate of drug-likeness (QED) is 0.162. The lowest BCUT2D eigenvalue weighted by Gasteiger charge is -2.31. The van der Waals surface area contributed by atoms with Crippen molar-refractivity contribution in [1.29, 1.82) is 0 Å². The number of terminal acetylenes is 1. The average molecular weight is 698 g/mol. The van der Waals surface area contributed by atoms with Crippen molar-refractivity contribution >= 4 is 11.3 Å². The minimum Gasteiger partial charge on any atom is -0.493 e. The van der Waals surface area contributed by atoms with Crippen molar-refractivity contribution < 1.29 is 23.7 Å². The number of hydrogen-bond acceptors (Lipinski definition) is 7. The molecule has 0 saturated heterocycles. The van der Waals surface area contributed by atoms with Crippen LogP contribution in [0.25, 0.3) is 21.8 Å². The van der Waals surface area contributed by atoms with Crippen LogP contribution >= 0.6 is 11.3 Å². The van der Waals surface area contributed by atoms with Crippen LogP contribution in [-0.4, -0.2) is 25.8 Å². The van der Waals surface area contributed by atoms with Gasteiger partial charge in [0.1, 0.15) is 17.4 Å². The van der Waals surface area contributed by atoms with E-state index in [1.165, 1.54) is 22.3 Å². The van der Waals surface area contributed by atoms with Crippen LogP contribution in [0.2, 0.25) is 0 Å². The van der Waals surface area contributed by atoms with Gasteiger partial charge in [-0.3, -0.25) is 0 Å². The van der Waals surface area contributed by atoms with E-state index in [0.29, 0.717) is 5.75 Å². The third-order valence-electron chi connectivity index (χ3n) is 11.5. The molecule has 51 heavy (non-hydrogen) atoms. The molecule has 0 saturated carbocycles. The predicted molar refractivity (Wildman–Crippen MR) is 204 cm³/mol. The first-order chi connectivity index (χ1) is 24.3. The highest BCUT2D eigenvalue weighted by molar-refractivity contribution is 7.13. The van der Waals surface area contributed by atoms with Gasteiger partial charge in [-0.15, -0.1) is 17.8 Å². The van der Waals surface area contributed by atoms with Crippen LogP contribution in [0.5, 0.6) is 40.2 Å². The first-order valence-corrected chi connectivity index (χ1v) is 18.3. The van der Waals surface area contributed by atoms with E-state index in [-0.39, 0.29) is 22.9 Å². The van der Waals surface area contributed by atoms with E-state index in [1.54, 1.807) is 25.6 Å². The zero-order valence-corrected chi connectivity index (χ0v) is 31.6. The van der Waals surface area contributed by atoms with Crippen molar-refractivity contribution in [3.8, 4) is 74.4 Å². The molecule has 1 aliphatic heterocycles. The summed E-state index contributed by atoms with van der Waals surface area (Å²) in [5.41, 5.74) is 11.0. The number of nitrogens with zero attached hydrogens (tertiary/aromatic N) is 1. The Morgan fingerprint density at radius 1 is 0.765 bits per heavy atom. The van der Waals surface area contributed by atoms with Gasteiger partial charge in [-0.25, -0.2) is 4.98 Å². The second-order valence-electron chi connectivity index (χ2n) is 15.5. The van der Waals surface area contributed by atoms with Crippen molar-refractivity contribution in [1.82, 2.24) is 4.98 Å². The Labute approximate surface area is 304 Å². The minimum absolute atomic E-state index is 0.0665. The second kappa shape index (κ2) is 11.5. The highest BCUT2D eigenvalue weighted by atomic mass is 32.1. The van der Waals surface area contributed by atoms with E-state index >= 15 is 0 Å². The van der Waals surface area contributed by atoms with Crippen molar-refractivity contribution in [2.75, 3.05) is 20.8 Å². The maximum atomic E-state index is 7.03. The smallest absolute Gasteiger partial charge is 0.180 e. The largest absolute Gasteiger partial charge is 0.493 e. The SMILES string of the molecule is C#CCOc1ccc(-c2csc(-c3c(C)c(C)c(C)c4c3Oc3cc5c(cc3O4)C(C)(C)CC53CC(C)(C)c4cc(OC)c(OC)cc43)n2)cc1. The van der Waals surface area contributed by atoms with E-state index in [2.05, 4.69) is 84.0 Å². The normalized spacial score (nSPS) is 18.5. The molecule has 3 aliphatic rings. The summed E-state index contributed by atoms with van der Waals surface area (Å²) in [6.07, 6.45) is 7.30. The van der Waals surface area contributed by atoms with Crippen LogP contribution in [-0.2, 0) is 16.2 Å². The number of methoxy groups -OCH3 is 2. The maximum absolute atomic E-state index is 7.03. The summed E-state index contributed by atoms with van der Waals surface area (Å²) in [7, 11) is 3.42. The highest BCUT2D eigenvalue weighted by Crippen LogP contribution is 2.66. The van der Waals surface area contributed by atoms with Crippen LogP contribution in [0.3, 0.4) is 0 Å². The molecule has 8 rings (SSSR count). The predicted octanol–water partition coefficient (Wildman–Crippen LogP) is 11.0. The molecule has 7 heteroatoms. The Kier molecular flexibility index (Phi) is 7.52. The Bertz CT molecular complexity index is 2290. The zero-order chi connectivity index (χ0) is 36.0. The molecule has 0 fully saturated rings. The number of rotatable bonds is 6. The summed E-state index contributed by atoms with van der Waals surface area (Å²) >= 11 is 1.61. The third kappa shape index (κ3) is 4.94. The molecule has 1 spiro atoms. The summed E-state index contributed by atoms with van der Waals surface area (Å²) in [6.45, 7) is 16.0. The topological polar surface area (TPSA) is 59.0 Å². The molecule has 260 valence electrons. The van der Waals surface area contributed by atoms with Crippen molar-refractivity contribution in [3.05, 3.63) is 92.9 Å². The molecular weight excluding hydrogens is 655 g/mol. The monoisotopic (exact) mass is 697 g/mol. The summed E-state index contributed by atoms with van der Waals surface area (Å²) in [6, 6.07) is 16.8. The van der Waals surface area contributed by atoms with Crippen molar-refractivity contribution in [3.63, 3.8) is 0 Å². The first kappa shape index (κ1) is 33.2. The maximum Gasteiger partial charge on any atom is 0.180 e. The van der Waals surface area contributed by atoms with Gasteiger partial charge < -0.3 is 23.7 Å². The zero-order valence-electron chi connectivity index (χ0n) is 30.8. The molecule has 2 heterocycles. The molecule has 2 aliphatic carbocycles. The molecule has 1 aromatic heterocycles.